The van der Waals surface area contributed by atoms with E-state index in [1.807, 2.05) is 0 Å². The topological polar surface area (TPSA) is 3.24 Å². The van der Waals surface area contributed by atoms with Crippen molar-refractivity contribution in [1.82, 2.24) is 4.90 Å². The summed E-state index contributed by atoms with van der Waals surface area (Å²) in [6.07, 6.45) is 13.0. The third-order valence-electron chi connectivity index (χ3n) is 7.08. The Balaban J connectivity index is 2.47. The number of unbranched alkanes of at least 4 members (excludes halogenated alkanes) is 6. The van der Waals surface area contributed by atoms with Gasteiger partial charge >= 0.3 is 0 Å². The van der Waals surface area contributed by atoms with Gasteiger partial charge in [-0.05, 0) is 51.7 Å². The van der Waals surface area contributed by atoms with Gasteiger partial charge in [-0.1, -0.05) is 126 Å². The second kappa shape index (κ2) is 13.2. The fourth-order valence-electron chi connectivity index (χ4n) is 5.49. The lowest BCUT2D eigenvalue weighted by molar-refractivity contribution is -0.0240. The van der Waals surface area contributed by atoms with Gasteiger partial charge in [0, 0.05) is 11.1 Å². The number of hydrogen-bond acceptors (Lipinski definition) is 1. The Labute approximate surface area is 199 Å². The van der Waals surface area contributed by atoms with Crippen molar-refractivity contribution < 1.29 is 0 Å². The molecule has 0 atom stereocenters. The van der Waals surface area contributed by atoms with Gasteiger partial charge in [-0.15, -0.1) is 0 Å². The Kier molecular flexibility index (Phi) is 11.0. The molecule has 0 fully saturated rings. The standard InChI is InChI=1S/C31H49N/c1-7-9-11-19-25-30(3,4)32(31(5,6)26-20-12-10-8-2)29(27-21-15-13-16-22-27)28-23-17-14-18-24-28/h13-18,21-24,29H,7-12,19-20,25-26H2,1-6H3. The van der Waals surface area contributed by atoms with Crippen molar-refractivity contribution in [2.45, 2.75) is 123 Å². The molecule has 0 aliphatic carbocycles. The molecule has 0 heterocycles. The molecule has 1 nitrogen and oxygen atoms in total. The Bertz CT molecular complexity index is 668. The zero-order valence-corrected chi connectivity index (χ0v) is 21.9. The number of hydrogen-bond donors (Lipinski definition) is 0. The van der Waals surface area contributed by atoms with Crippen LogP contribution in [0.4, 0.5) is 0 Å². The first kappa shape index (κ1) is 26.7. The van der Waals surface area contributed by atoms with Gasteiger partial charge in [0.05, 0.1) is 6.04 Å². The summed E-state index contributed by atoms with van der Waals surface area (Å²) in [5, 5.41) is 0. The van der Waals surface area contributed by atoms with E-state index in [2.05, 4.69) is 107 Å². The highest BCUT2D eigenvalue weighted by Gasteiger charge is 2.42. The van der Waals surface area contributed by atoms with Crippen molar-refractivity contribution in [3.8, 4) is 0 Å². The SMILES string of the molecule is CCCCCCC(C)(C)N(C(c1ccccc1)c1ccccc1)C(C)(C)CCCCCC. The summed E-state index contributed by atoms with van der Waals surface area (Å²) in [5.74, 6) is 0. The van der Waals surface area contributed by atoms with E-state index >= 15 is 0 Å². The monoisotopic (exact) mass is 435 g/mol. The molecule has 0 saturated carbocycles. The fourth-order valence-corrected chi connectivity index (χ4v) is 5.49. The molecule has 0 aliphatic heterocycles. The van der Waals surface area contributed by atoms with Crippen molar-refractivity contribution in [2.75, 3.05) is 0 Å². The van der Waals surface area contributed by atoms with Crippen LogP contribution in [0.2, 0.25) is 0 Å². The molecule has 0 spiro atoms. The Morgan fingerprint density at radius 1 is 0.562 bits per heavy atom. The van der Waals surface area contributed by atoms with E-state index in [4.69, 9.17) is 0 Å². The smallest absolute Gasteiger partial charge is 0.0611 e. The van der Waals surface area contributed by atoms with Gasteiger partial charge < -0.3 is 0 Å². The largest absolute Gasteiger partial charge is 0.282 e. The van der Waals surface area contributed by atoms with Gasteiger partial charge in [0.25, 0.3) is 0 Å². The summed E-state index contributed by atoms with van der Waals surface area (Å²) in [6, 6.07) is 22.6. The lowest BCUT2D eigenvalue weighted by Crippen LogP contribution is -2.57. The van der Waals surface area contributed by atoms with E-state index in [9.17, 15) is 0 Å². The summed E-state index contributed by atoms with van der Waals surface area (Å²) in [5.41, 5.74) is 3.03. The molecule has 178 valence electrons. The van der Waals surface area contributed by atoms with Crippen molar-refractivity contribution >= 4 is 0 Å². The molecule has 0 radical (unpaired) electrons. The van der Waals surface area contributed by atoms with Crippen molar-refractivity contribution in [3.63, 3.8) is 0 Å². The van der Waals surface area contributed by atoms with Gasteiger partial charge in [0.1, 0.15) is 0 Å². The molecule has 0 N–H and O–H groups in total. The summed E-state index contributed by atoms with van der Waals surface area (Å²) in [7, 11) is 0. The second-order valence-corrected chi connectivity index (χ2v) is 10.8. The van der Waals surface area contributed by atoms with Gasteiger partial charge in [-0.3, -0.25) is 4.90 Å². The molecule has 2 rings (SSSR count). The van der Waals surface area contributed by atoms with Gasteiger partial charge in [0.2, 0.25) is 0 Å². The lowest BCUT2D eigenvalue weighted by Gasteiger charge is -2.53. The molecule has 2 aromatic carbocycles. The van der Waals surface area contributed by atoms with Crippen LogP contribution in [0.3, 0.4) is 0 Å². The minimum atomic E-state index is 0.109. The molecule has 0 unspecified atom stereocenters. The quantitative estimate of drug-likeness (QED) is 0.252. The average molecular weight is 436 g/mol. The van der Waals surface area contributed by atoms with E-state index in [1.165, 1.54) is 75.3 Å². The predicted molar refractivity (Wildman–Crippen MR) is 142 cm³/mol. The first-order chi connectivity index (χ1) is 15.3. The minimum absolute atomic E-state index is 0.109. The van der Waals surface area contributed by atoms with Crippen LogP contribution in [-0.2, 0) is 0 Å². The van der Waals surface area contributed by atoms with Crippen molar-refractivity contribution in [2.24, 2.45) is 0 Å². The summed E-state index contributed by atoms with van der Waals surface area (Å²) >= 11 is 0. The van der Waals surface area contributed by atoms with Crippen LogP contribution in [0.1, 0.15) is 123 Å². The number of benzene rings is 2. The van der Waals surface area contributed by atoms with Crippen LogP contribution >= 0.6 is 0 Å². The minimum Gasteiger partial charge on any atom is -0.282 e. The Morgan fingerprint density at radius 3 is 1.28 bits per heavy atom. The van der Waals surface area contributed by atoms with Gasteiger partial charge in [0.15, 0.2) is 0 Å². The highest BCUT2D eigenvalue weighted by atomic mass is 15.3. The highest BCUT2D eigenvalue weighted by Crippen LogP contribution is 2.43. The van der Waals surface area contributed by atoms with Crippen LogP contribution < -0.4 is 0 Å². The third kappa shape index (κ3) is 7.77. The van der Waals surface area contributed by atoms with Crippen LogP contribution in [0.15, 0.2) is 60.7 Å². The average Bonchev–Trinajstić information content (AvgIpc) is 2.79. The van der Waals surface area contributed by atoms with E-state index in [0.29, 0.717) is 0 Å². The van der Waals surface area contributed by atoms with E-state index in [1.54, 1.807) is 0 Å². The maximum atomic E-state index is 2.88. The molecule has 0 bridgehead atoms. The summed E-state index contributed by atoms with van der Waals surface area (Å²) in [6.45, 7) is 14.6. The van der Waals surface area contributed by atoms with Crippen LogP contribution in [0.25, 0.3) is 0 Å². The zero-order valence-electron chi connectivity index (χ0n) is 21.9. The molecule has 2 aromatic rings. The molecule has 0 amide bonds. The van der Waals surface area contributed by atoms with E-state index < -0.39 is 0 Å². The number of rotatable bonds is 15. The molecule has 0 aromatic heterocycles. The van der Waals surface area contributed by atoms with Crippen LogP contribution in [0, 0.1) is 0 Å². The lowest BCUT2D eigenvalue weighted by atomic mass is 9.81. The second-order valence-electron chi connectivity index (χ2n) is 10.8. The van der Waals surface area contributed by atoms with E-state index in [-0.39, 0.29) is 17.1 Å². The third-order valence-corrected chi connectivity index (χ3v) is 7.08. The molecule has 0 aliphatic rings. The van der Waals surface area contributed by atoms with Crippen molar-refractivity contribution in [3.05, 3.63) is 71.8 Å². The van der Waals surface area contributed by atoms with Crippen LogP contribution in [0.5, 0.6) is 0 Å². The fraction of sp³-hybridized carbons (Fsp3) is 0.613. The normalized spacial score (nSPS) is 12.6. The summed E-state index contributed by atoms with van der Waals surface area (Å²) < 4.78 is 0. The maximum Gasteiger partial charge on any atom is 0.0611 e. The molecular weight excluding hydrogens is 386 g/mol. The summed E-state index contributed by atoms with van der Waals surface area (Å²) in [4.78, 5) is 2.88. The molecular formula is C31H49N. The van der Waals surface area contributed by atoms with Gasteiger partial charge in [-0.2, -0.15) is 0 Å². The molecule has 32 heavy (non-hydrogen) atoms. The zero-order chi connectivity index (χ0) is 23.5. The molecule has 1 heteroatoms. The maximum absolute atomic E-state index is 2.88. The highest BCUT2D eigenvalue weighted by molar-refractivity contribution is 5.33. The van der Waals surface area contributed by atoms with Gasteiger partial charge in [-0.25, -0.2) is 0 Å². The van der Waals surface area contributed by atoms with Crippen molar-refractivity contribution in [1.29, 1.82) is 0 Å². The Hall–Kier alpha value is -1.60. The van der Waals surface area contributed by atoms with E-state index in [0.717, 1.165) is 0 Å². The Morgan fingerprint density at radius 2 is 0.938 bits per heavy atom. The van der Waals surface area contributed by atoms with Crippen LogP contribution in [-0.4, -0.2) is 16.0 Å². The first-order valence-electron chi connectivity index (χ1n) is 13.2. The first-order valence-corrected chi connectivity index (χ1v) is 13.2. The predicted octanol–water partition coefficient (Wildman–Crippen LogP) is 9.58. The molecule has 0 saturated heterocycles. The number of nitrogens with zero attached hydrogens (tertiary/aromatic N) is 1.